The lowest BCUT2D eigenvalue weighted by Gasteiger charge is -2.10. The Morgan fingerprint density at radius 2 is 1.68 bits per heavy atom. The smallest absolute Gasteiger partial charge is 0.250 e. The highest BCUT2D eigenvalue weighted by molar-refractivity contribution is 7.99. The molecule has 1 amide bonds. The van der Waals surface area contributed by atoms with Crippen LogP contribution in [0.15, 0.2) is 83.6 Å². The van der Waals surface area contributed by atoms with Crippen LogP contribution in [0.3, 0.4) is 0 Å². The molecule has 0 saturated heterocycles. The first-order valence-corrected chi connectivity index (χ1v) is 10.5. The highest BCUT2D eigenvalue weighted by atomic mass is 32.2. The van der Waals surface area contributed by atoms with Crippen molar-refractivity contribution in [3.8, 4) is 17.1 Å². The van der Waals surface area contributed by atoms with Crippen LogP contribution in [0.4, 0.5) is 0 Å². The molecule has 0 bridgehead atoms. The number of hydrogen-bond acceptors (Lipinski definition) is 7. The van der Waals surface area contributed by atoms with E-state index in [1.54, 1.807) is 43.1 Å². The molecule has 0 saturated carbocycles. The number of amides is 1. The molecular weight excluding hydrogens is 410 g/mol. The van der Waals surface area contributed by atoms with Gasteiger partial charge in [-0.2, -0.15) is 5.10 Å². The number of rotatable bonds is 7. The van der Waals surface area contributed by atoms with Gasteiger partial charge in [0.05, 0.1) is 12.0 Å². The van der Waals surface area contributed by atoms with Gasteiger partial charge in [-0.25, -0.2) is 5.43 Å². The largest absolute Gasteiger partial charge is 0.272 e. The van der Waals surface area contributed by atoms with Gasteiger partial charge < -0.3 is 0 Å². The number of carbonyl (C=O) groups is 1. The van der Waals surface area contributed by atoms with Crippen molar-refractivity contribution in [2.24, 2.45) is 5.10 Å². The van der Waals surface area contributed by atoms with Crippen molar-refractivity contribution >= 4 is 23.9 Å². The number of thioether (sulfide) groups is 1. The molecule has 0 unspecified atom stereocenters. The topological polar surface area (TPSA) is 98.0 Å². The van der Waals surface area contributed by atoms with E-state index < -0.39 is 0 Å². The van der Waals surface area contributed by atoms with Crippen LogP contribution in [0, 0.1) is 6.92 Å². The van der Waals surface area contributed by atoms with E-state index in [-0.39, 0.29) is 11.7 Å². The summed E-state index contributed by atoms with van der Waals surface area (Å²) in [4.78, 5) is 20.3. The van der Waals surface area contributed by atoms with E-state index in [0.29, 0.717) is 11.0 Å². The molecule has 0 fully saturated rings. The molecule has 0 aliphatic heterocycles. The minimum Gasteiger partial charge on any atom is -0.272 e. The van der Waals surface area contributed by atoms with Crippen molar-refractivity contribution in [3.63, 3.8) is 0 Å². The number of hydrazone groups is 1. The Morgan fingerprint density at radius 3 is 2.39 bits per heavy atom. The summed E-state index contributed by atoms with van der Waals surface area (Å²) in [6, 6.07) is 15.4. The van der Waals surface area contributed by atoms with Crippen LogP contribution in [-0.4, -0.2) is 42.6 Å². The average molecular weight is 430 g/mol. The molecule has 3 heterocycles. The second-order valence-corrected chi connectivity index (χ2v) is 7.52. The Hall–Kier alpha value is -3.85. The van der Waals surface area contributed by atoms with Gasteiger partial charge >= 0.3 is 0 Å². The molecule has 0 atom stereocenters. The van der Waals surface area contributed by atoms with E-state index in [1.807, 2.05) is 47.9 Å². The summed E-state index contributed by atoms with van der Waals surface area (Å²) < 4.78 is 1.94. The van der Waals surface area contributed by atoms with Crippen molar-refractivity contribution in [3.05, 3.63) is 84.4 Å². The molecule has 0 radical (unpaired) electrons. The van der Waals surface area contributed by atoms with Crippen molar-refractivity contribution in [2.45, 2.75) is 12.1 Å². The number of nitrogens with zero attached hydrogens (tertiary/aromatic N) is 6. The molecule has 3 aromatic heterocycles. The molecule has 1 aromatic carbocycles. The van der Waals surface area contributed by atoms with Gasteiger partial charge in [0.15, 0.2) is 11.0 Å². The Labute approximate surface area is 183 Å². The molecule has 4 aromatic rings. The predicted octanol–water partition coefficient (Wildman–Crippen LogP) is 3.28. The Balaban J connectivity index is 1.51. The quantitative estimate of drug-likeness (QED) is 0.275. The van der Waals surface area contributed by atoms with Crippen molar-refractivity contribution in [1.82, 2.24) is 30.2 Å². The maximum absolute atomic E-state index is 12.3. The van der Waals surface area contributed by atoms with Gasteiger partial charge in [0.1, 0.15) is 0 Å². The van der Waals surface area contributed by atoms with Crippen LogP contribution < -0.4 is 5.43 Å². The molecule has 0 spiro atoms. The molecule has 8 nitrogen and oxygen atoms in total. The van der Waals surface area contributed by atoms with E-state index in [2.05, 4.69) is 30.7 Å². The minimum absolute atomic E-state index is 0.147. The van der Waals surface area contributed by atoms with E-state index in [1.165, 1.54) is 11.8 Å². The fraction of sp³-hybridized carbons (Fsp3) is 0.0909. The van der Waals surface area contributed by atoms with Gasteiger partial charge in [-0.3, -0.25) is 19.3 Å². The monoisotopic (exact) mass is 429 g/mol. The maximum atomic E-state index is 12.3. The Kier molecular flexibility index (Phi) is 6.44. The molecule has 4 rings (SSSR count). The normalized spacial score (nSPS) is 11.0. The van der Waals surface area contributed by atoms with Crippen molar-refractivity contribution < 1.29 is 4.79 Å². The summed E-state index contributed by atoms with van der Waals surface area (Å²) in [5, 5.41) is 13.3. The zero-order valence-corrected chi connectivity index (χ0v) is 17.5. The fourth-order valence-electron chi connectivity index (χ4n) is 2.77. The zero-order valence-electron chi connectivity index (χ0n) is 16.7. The van der Waals surface area contributed by atoms with Gasteiger partial charge in [0.2, 0.25) is 0 Å². The van der Waals surface area contributed by atoms with Gasteiger partial charge in [-0.15, -0.1) is 10.2 Å². The Bertz CT molecular complexity index is 1180. The maximum Gasteiger partial charge on any atom is 0.250 e. The highest BCUT2D eigenvalue weighted by Crippen LogP contribution is 2.27. The molecule has 9 heteroatoms. The second kappa shape index (κ2) is 9.77. The zero-order chi connectivity index (χ0) is 21.5. The second-order valence-electron chi connectivity index (χ2n) is 6.58. The summed E-state index contributed by atoms with van der Waals surface area (Å²) in [5.41, 5.74) is 6.34. The van der Waals surface area contributed by atoms with Gasteiger partial charge in [0, 0.05) is 36.0 Å². The van der Waals surface area contributed by atoms with Gasteiger partial charge in [-0.1, -0.05) is 29.5 Å². The lowest BCUT2D eigenvalue weighted by atomic mass is 10.2. The molecule has 154 valence electrons. The first-order valence-electron chi connectivity index (χ1n) is 9.48. The number of aryl methyl sites for hydroxylation is 1. The van der Waals surface area contributed by atoms with Crippen LogP contribution in [0.2, 0.25) is 0 Å². The van der Waals surface area contributed by atoms with Gasteiger partial charge in [0.25, 0.3) is 5.91 Å². The van der Waals surface area contributed by atoms with Crippen LogP contribution in [0.5, 0.6) is 0 Å². The molecule has 1 N–H and O–H groups in total. The first kappa shape index (κ1) is 20.4. The third kappa shape index (κ3) is 5.20. The Morgan fingerprint density at radius 1 is 1.00 bits per heavy atom. The van der Waals surface area contributed by atoms with Crippen molar-refractivity contribution in [1.29, 1.82) is 0 Å². The average Bonchev–Trinajstić information content (AvgIpc) is 3.23. The number of aromatic nitrogens is 5. The lowest BCUT2D eigenvalue weighted by Crippen LogP contribution is -2.20. The summed E-state index contributed by atoms with van der Waals surface area (Å²) in [6.45, 7) is 2.03. The summed E-state index contributed by atoms with van der Waals surface area (Å²) in [6.07, 6.45) is 8.32. The summed E-state index contributed by atoms with van der Waals surface area (Å²) in [5.74, 6) is 0.595. The number of carbonyl (C=O) groups excluding carboxylic acids is 1. The fourth-order valence-corrected chi connectivity index (χ4v) is 3.51. The van der Waals surface area contributed by atoms with E-state index in [0.717, 1.165) is 22.4 Å². The van der Waals surface area contributed by atoms with E-state index in [9.17, 15) is 4.79 Å². The standard InChI is InChI=1S/C22H19N7OS/c1-16-2-4-19(5-3-16)29-21(18-8-12-24-13-9-18)27-28-22(29)31-15-20(30)26-25-14-17-6-10-23-11-7-17/h2-14H,15H2,1H3,(H,26,30). The number of nitrogens with one attached hydrogen (secondary N) is 1. The molecule has 0 aliphatic rings. The number of hydrogen-bond donors (Lipinski definition) is 1. The van der Waals surface area contributed by atoms with E-state index >= 15 is 0 Å². The third-order valence-electron chi connectivity index (χ3n) is 4.31. The number of pyridine rings is 2. The van der Waals surface area contributed by atoms with Crippen LogP contribution in [-0.2, 0) is 4.79 Å². The van der Waals surface area contributed by atoms with Crippen LogP contribution in [0.1, 0.15) is 11.1 Å². The molecule has 0 aliphatic carbocycles. The van der Waals surface area contributed by atoms with Gasteiger partial charge in [-0.05, 0) is 48.9 Å². The third-order valence-corrected chi connectivity index (χ3v) is 5.23. The lowest BCUT2D eigenvalue weighted by molar-refractivity contribution is -0.118. The minimum atomic E-state index is -0.237. The van der Waals surface area contributed by atoms with Crippen LogP contribution in [0.25, 0.3) is 17.1 Å². The van der Waals surface area contributed by atoms with Crippen LogP contribution >= 0.6 is 11.8 Å². The summed E-state index contributed by atoms with van der Waals surface area (Å²) in [7, 11) is 0. The number of benzene rings is 1. The summed E-state index contributed by atoms with van der Waals surface area (Å²) >= 11 is 1.29. The molecular formula is C22H19N7OS. The highest BCUT2D eigenvalue weighted by Gasteiger charge is 2.17. The van der Waals surface area contributed by atoms with E-state index in [4.69, 9.17) is 0 Å². The van der Waals surface area contributed by atoms with Crippen molar-refractivity contribution in [2.75, 3.05) is 5.75 Å². The first-order chi connectivity index (χ1) is 15.2. The SMILES string of the molecule is Cc1ccc(-n2c(SCC(=O)NN=Cc3ccncc3)nnc2-c2ccncc2)cc1. The molecule has 31 heavy (non-hydrogen) atoms. The predicted molar refractivity (Wildman–Crippen MR) is 120 cm³/mol.